The Kier molecular flexibility index (Phi) is 5.81. The van der Waals surface area contributed by atoms with Crippen molar-refractivity contribution in [2.75, 3.05) is 26.2 Å². The zero-order chi connectivity index (χ0) is 13.7. The zero-order valence-electron chi connectivity index (χ0n) is 10.8. The number of carbonyl (C=O) groups is 1. The van der Waals surface area contributed by atoms with Crippen LogP contribution in [0.15, 0.2) is 15.9 Å². The minimum Gasteiger partial charge on any atom is -0.480 e. The van der Waals surface area contributed by atoms with Crippen LogP contribution in [0.4, 0.5) is 0 Å². The molecule has 19 heavy (non-hydrogen) atoms. The van der Waals surface area contributed by atoms with Crippen LogP contribution in [-0.2, 0) is 11.3 Å². The summed E-state index contributed by atoms with van der Waals surface area (Å²) < 4.78 is 1.20. The Morgan fingerprint density at radius 1 is 1.63 bits per heavy atom. The van der Waals surface area contributed by atoms with Crippen molar-refractivity contribution < 1.29 is 9.90 Å². The molecule has 1 atom stereocenters. The summed E-state index contributed by atoms with van der Waals surface area (Å²) in [5.74, 6) is -0.220. The van der Waals surface area contributed by atoms with Gasteiger partial charge in [0.25, 0.3) is 0 Å². The molecule has 1 aromatic rings. The molecule has 2 heterocycles. The lowest BCUT2D eigenvalue weighted by molar-refractivity contribution is -0.136. The summed E-state index contributed by atoms with van der Waals surface area (Å²) in [7, 11) is 0. The number of hydrogen-bond donors (Lipinski definition) is 2. The lowest BCUT2D eigenvalue weighted by Gasteiger charge is -2.32. The Hall–Kier alpha value is -0.430. The van der Waals surface area contributed by atoms with Gasteiger partial charge in [-0.2, -0.15) is 0 Å². The van der Waals surface area contributed by atoms with E-state index in [1.165, 1.54) is 22.2 Å². The maximum atomic E-state index is 10.5. The fraction of sp³-hybridized carbons (Fsp3) is 0.615. The van der Waals surface area contributed by atoms with Crippen LogP contribution < -0.4 is 5.32 Å². The summed E-state index contributed by atoms with van der Waals surface area (Å²) in [6.07, 6.45) is 2.39. The molecule has 1 fully saturated rings. The molecule has 0 aromatic carbocycles. The third-order valence-corrected chi connectivity index (χ3v) is 5.28. The standard InChI is InChI=1S/C13H19BrN2O2S/c14-11-3-5-19-12(11)9-16-4-1-2-10(8-16)6-15-7-13(17)18/h3,5,10,15H,1-2,4,6-9H2,(H,17,18). The third-order valence-electron chi connectivity index (χ3n) is 3.37. The highest BCUT2D eigenvalue weighted by molar-refractivity contribution is 9.10. The fourth-order valence-electron chi connectivity index (χ4n) is 2.49. The first-order valence-corrected chi connectivity index (χ1v) is 8.19. The van der Waals surface area contributed by atoms with Crippen LogP contribution in [0.3, 0.4) is 0 Å². The van der Waals surface area contributed by atoms with E-state index >= 15 is 0 Å². The first kappa shape index (κ1) is 15.0. The van der Waals surface area contributed by atoms with Crippen molar-refractivity contribution in [3.63, 3.8) is 0 Å². The smallest absolute Gasteiger partial charge is 0.317 e. The second kappa shape index (κ2) is 7.38. The van der Waals surface area contributed by atoms with Gasteiger partial charge in [0.15, 0.2) is 0 Å². The molecule has 0 bridgehead atoms. The van der Waals surface area contributed by atoms with Crippen molar-refractivity contribution in [2.45, 2.75) is 19.4 Å². The lowest BCUT2D eigenvalue weighted by Crippen LogP contribution is -2.40. The number of rotatable bonds is 6. The van der Waals surface area contributed by atoms with Gasteiger partial charge in [0, 0.05) is 22.4 Å². The van der Waals surface area contributed by atoms with Crippen molar-refractivity contribution >= 4 is 33.2 Å². The van der Waals surface area contributed by atoms with Crippen molar-refractivity contribution in [1.29, 1.82) is 0 Å². The number of carboxylic acids is 1. The van der Waals surface area contributed by atoms with Gasteiger partial charge in [0.1, 0.15) is 0 Å². The summed E-state index contributed by atoms with van der Waals surface area (Å²) in [4.78, 5) is 14.3. The Labute approximate surface area is 125 Å². The lowest BCUT2D eigenvalue weighted by atomic mass is 9.98. The average molecular weight is 347 g/mol. The number of halogens is 1. The van der Waals surface area contributed by atoms with E-state index in [1.54, 1.807) is 11.3 Å². The number of aliphatic carboxylic acids is 1. The van der Waals surface area contributed by atoms with Gasteiger partial charge in [-0.25, -0.2) is 0 Å². The molecule has 4 nitrogen and oxygen atoms in total. The molecule has 0 saturated carbocycles. The van der Waals surface area contributed by atoms with Crippen LogP contribution in [0.1, 0.15) is 17.7 Å². The summed E-state index contributed by atoms with van der Waals surface area (Å²) in [5.41, 5.74) is 0. The fourth-order valence-corrected chi connectivity index (χ4v) is 4.00. The molecule has 1 saturated heterocycles. The molecule has 2 rings (SSSR count). The van der Waals surface area contributed by atoms with Crippen LogP contribution >= 0.6 is 27.3 Å². The van der Waals surface area contributed by atoms with Crippen LogP contribution in [0.25, 0.3) is 0 Å². The Balaban J connectivity index is 1.77. The molecule has 106 valence electrons. The molecule has 1 aromatic heterocycles. The van der Waals surface area contributed by atoms with E-state index in [9.17, 15) is 4.79 Å². The zero-order valence-corrected chi connectivity index (χ0v) is 13.2. The van der Waals surface area contributed by atoms with Crippen LogP contribution in [0, 0.1) is 5.92 Å². The second-order valence-corrected chi connectivity index (χ2v) is 6.81. The van der Waals surface area contributed by atoms with Crippen molar-refractivity contribution in [3.05, 3.63) is 20.8 Å². The molecule has 6 heteroatoms. The van der Waals surface area contributed by atoms with E-state index in [4.69, 9.17) is 5.11 Å². The number of piperidine rings is 1. The van der Waals surface area contributed by atoms with Gasteiger partial charge in [0.2, 0.25) is 0 Å². The number of thiophene rings is 1. The molecule has 2 N–H and O–H groups in total. The number of nitrogens with zero attached hydrogens (tertiary/aromatic N) is 1. The predicted octanol–water partition coefficient (Wildman–Crippen LogP) is 2.40. The van der Waals surface area contributed by atoms with Gasteiger partial charge in [0.05, 0.1) is 6.54 Å². The summed E-state index contributed by atoms with van der Waals surface area (Å²) in [5, 5.41) is 13.7. The number of hydrogen-bond acceptors (Lipinski definition) is 4. The second-order valence-electron chi connectivity index (χ2n) is 4.96. The molecule has 0 aliphatic carbocycles. The number of likely N-dealkylation sites (tertiary alicyclic amines) is 1. The van der Waals surface area contributed by atoms with Crippen molar-refractivity contribution in [3.8, 4) is 0 Å². The van der Waals surface area contributed by atoms with Gasteiger partial charge >= 0.3 is 5.97 Å². The van der Waals surface area contributed by atoms with E-state index in [2.05, 4.69) is 37.6 Å². The maximum absolute atomic E-state index is 10.5. The molecular weight excluding hydrogens is 328 g/mol. The van der Waals surface area contributed by atoms with E-state index in [-0.39, 0.29) is 6.54 Å². The van der Waals surface area contributed by atoms with E-state index < -0.39 is 5.97 Å². The molecule has 0 amide bonds. The van der Waals surface area contributed by atoms with E-state index in [0.717, 1.165) is 26.2 Å². The molecule has 0 radical (unpaired) electrons. The monoisotopic (exact) mass is 346 g/mol. The predicted molar refractivity (Wildman–Crippen MR) is 80.5 cm³/mol. The maximum Gasteiger partial charge on any atom is 0.317 e. The summed E-state index contributed by atoms with van der Waals surface area (Å²) >= 11 is 5.36. The number of nitrogens with one attached hydrogen (secondary N) is 1. The quantitative estimate of drug-likeness (QED) is 0.830. The average Bonchev–Trinajstić information content (AvgIpc) is 2.75. The van der Waals surface area contributed by atoms with Crippen LogP contribution in [0.2, 0.25) is 0 Å². The highest BCUT2D eigenvalue weighted by Crippen LogP contribution is 2.26. The van der Waals surface area contributed by atoms with E-state index in [1.807, 2.05) is 0 Å². The molecule has 1 unspecified atom stereocenters. The Morgan fingerprint density at radius 2 is 2.47 bits per heavy atom. The van der Waals surface area contributed by atoms with Crippen molar-refractivity contribution in [2.24, 2.45) is 5.92 Å². The third kappa shape index (κ3) is 4.87. The minimum atomic E-state index is -0.782. The Morgan fingerprint density at radius 3 is 3.16 bits per heavy atom. The highest BCUT2D eigenvalue weighted by Gasteiger charge is 2.20. The molecule has 0 spiro atoms. The van der Waals surface area contributed by atoms with Gasteiger partial charge in [-0.05, 0) is 59.2 Å². The van der Waals surface area contributed by atoms with Crippen LogP contribution in [-0.4, -0.2) is 42.2 Å². The van der Waals surface area contributed by atoms with Gasteiger partial charge in [-0.1, -0.05) is 0 Å². The van der Waals surface area contributed by atoms with Crippen molar-refractivity contribution in [1.82, 2.24) is 10.2 Å². The Bertz CT molecular complexity index is 425. The summed E-state index contributed by atoms with van der Waals surface area (Å²) in [6.45, 7) is 4.05. The van der Waals surface area contributed by atoms with Gasteiger partial charge in [-0.15, -0.1) is 11.3 Å². The highest BCUT2D eigenvalue weighted by atomic mass is 79.9. The van der Waals surface area contributed by atoms with Gasteiger partial charge in [-0.3, -0.25) is 9.69 Å². The van der Waals surface area contributed by atoms with E-state index in [0.29, 0.717) is 5.92 Å². The molecule has 1 aliphatic heterocycles. The van der Waals surface area contributed by atoms with Crippen LogP contribution in [0.5, 0.6) is 0 Å². The SMILES string of the molecule is O=C(O)CNCC1CCCN(Cc2sccc2Br)C1. The normalized spacial score (nSPS) is 20.6. The molecule has 1 aliphatic rings. The first-order chi connectivity index (χ1) is 9.15. The minimum absolute atomic E-state index is 0.0625. The van der Waals surface area contributed by atoms with Gasteiger partial charge < -0.3 is 10.4 Å². The molecular formula is C13H19BrN2O2S. The largest absolute Gasteiger partial charge is 0.480 e. The first-order valence-electron chi connectivity index (χ1n) is 6.52. The number of carboxylic acid groups (broad SMARTS) is 1. The summed E-state index contributed by atoms with van der Waals surface area (Å²) in [6, 6.07) is 2.09. The topological polar surface area (TPSA) is 52.6 Å².